The van der Waals surface area contributed by atoms with Crippen molar-refractivity contribution in [1.29, 1.82) is 0 Å². The number of amides is 1. The summed E-state index contributed by atoms with van der Waals surface area (Å²) < 4.78 is 63.0. The van der Waals surface area contributed by atoms with E-state index in [4.69, 9.17) is 10.9 Å². The summed E-state index contributed by atoms with van der Waals surface area (Å²) in [6.45, 7) is 0. The van der Waals surface area contributed by atoms with Crippen molar-refractivity contribution in [3.8, 4) is 0 Å². The zero-order chi connectivity index (χ0) is 18.3. The Bertz CT molecular complexity index is 1050. The lowest BCUT2D eigenvalue weighted by Crippen LogP contribution is -2.21. The number of nitrogens with two attached hydrogens (primary N) is 2. The largest absolute Gasteiger partial charge is 0.366 e. The van der Waals surface area contributed by atoms with Gasteiger partial charge in [0.2, 0.25) is 25.8 Å². The van der Waals surface area contributed by atoms with Gasteiger partial charge in [-0.25, -0.2) is 26.4 Å². The molecule has 0 atom stereocenters. The van der Waals surface area contributed by atoms with Crippen LogP contribution in [0.3, 0.4) is 0 Å². The van der Waals surface area contributed by atoms with Gasteiger partial charge in [-0.1, -0.05) is 12.1 Å². The van der Waals surface area contributed by atoms with Gasteiger partial charge in [0.1, 0.15) is 9.79 Å². The van der Waals surface area contributed by atoms with E-state index in [1.54, 1.807) is 0 Å². The fourth-order valence-corrected chi connectivity index (χ4v) is 5.38. The van der Waals surface area contributed by atoms with E-state index in [1.807, 2.05) is 0 Å². The van der Waals surface area contributed by atoms with Gasteiger partial charge < -0.3 is 5.73 Å². The Labute approximate surface area is 145 Å². The fourth-order valence-electron chi connectivity index (χ4n) is 2.01. The van der Waals surface area contributed by atoms with E-state index in [0.717, 1.165) is 24.3 Å². The quantitative estimate of drug-likeness (QED) is 0.740. The van der Waals surface area contributed by atoms with Crippen LogP contribution in [-0.4, -0.2) is 22.7 Å². The van der Waals surface area contributed by atoms with Crippen molar-refractivity contribution in [3.63, 3.8) is 0 Å². The van der Waals surface area contributed by atoms with E-state index in [-0.39, 0.29) is 4.47 Å². The Kier molecular flexibility index (Phi) is 4.81. The molecule has 1 amide bonds. The van der Waals surface area contributed by atoms with Gasteiger partial charge in [0.15, 0.2) is 5.82 Å². The lowest BCUT2D eigenvalue weighted by Gasteiger charge is -2.13. The highest BCUT2D eigenvalue weighted by Gasteiger charge is 2.32. The highest BCUT2D eigenvalue weighted by Crippen LogP contribution is 2.33. The van der Waals surface area contributed by atoms with Crippen molar-refractivity contribution < 1.29 is 26.0 Å². The molecule has 2 rings (SSSR count). The summed E-state index contributed by atoms with van der Waals surface area (Å²) in [5, 5.41) is 5.01. The molecular weight excluding hydrogens is 427 g/mol. The molecule has 0 spiro atoms. The first-order valence-corrected chi connectivity index (χ1v) is 9.95. The number of halogens is 2. The van der Waals surface area contributed by atoms with Crippen LogP contribution in [0.2, 0.25) is 0 Å². The van der Waals surface area contributed by atoms with Gasteiger partial charge >= 0.3 is 0 Å². The van der Waals surface area contributed by atoms with Crippen LogP contribution in [0.1, 0.15) is 10.4 Å². The van der Waals surface area contributed by atoms with Gasteiger partial charge in [-0.15, -0.1) is 0 Å². The average Bonchev–Trinajstić information content (AvgIpc) is 2.48. The molecule has 128 valence electrons. The summed E-state index contributed by atoms with van der Waals surface area (Å²) in [7, 11) is -9.16. The molecule has 0 aliphatic heterocycles. The van der Waals surface area contributed by atoms with Crippen LogP contribution in [-0.2, 0) is 19.9 Å². The molecule has 2 aromatic carbocycles. The molecule has 24 heavy (non-hydrogen) atoms. The summed E-state index contributed by atoms with van der Waals surface area (Å²) in [5.41, 5.74) is 4.49. The minimum absolute atomic E-state index is 0.237. The van der Waals surface area contributed by atoms with Crippen molar-refractivity contribution >= 4 is 41.7 Å². The number of carbonyl (C=O) groups is 1. The van der Waals surface area contributed by atoms with Crippen molar-refractivity contribution in [2.75, 3.05) is 0 Å². The van der Waals surface area contributed by atoms with Crippen LogP contribution >= 0.6 is 15.9 Å². The Hall–Kier alpha value is -1.82. The van der Waals surface area contributed by atoms with Crippen LogP contribution in [0.25, 0.3) is 0 Å². The summed E-state index contributed by atoms with van der Waals surface area (Å²) in [4.78, 5) is 8.97. The first-order chi connectivity index (χ1) is 11.0. The van der Waals surface area contributed by atoms with E-state index in [2.05, 4.69) is 15.9 Å². The fraction of sp³-hybridized carbons (Fsp3) is 0. The maximum atomic E-state index is 14.4. The molecule has 0 saturated heterocycles. The molecule has 0 aliphatic rings. The number of hydrogen-bond donors (Lipinski definition) is 2. The van der Waals surface area contributed by atoms with E-state index >= 15 is 0 Å². The molecule has 11 heteroatoms. The van der Waals surface area contributed by atoms with Crippen LogP contribution < -0.4 is 10.9 Å². The third-order valence-corrected chi connectivity index (χ3v) is 6.61. The lowest BCUT2D eigenvalue weighted by molar-refractivity contribution is 0.0996. The molecule has 7 nitrogen and oxygen atoms in total. The molecule has 0 radical (unpaired) electrons. The maximum absolute atomic E-state index is 14.4. The van der Waals surface area contributed by atoms with Crippen molar-refractivity contribution in [3.05, 3.63) is 52.3 Å². The number of benzene rings is 2. The number of rotatable bonds is 4. The summed E-state index contributed by atoms with van der Waals surface area (Å²) >= 11 is 2.82. The lowest BCUT2D eigenvalue weighted by atomic mass is 10.2. The van der Waals surface area contributed by atoms with Crippen LogP contribution in [0, 0.1) is 5.82 Å². The van der Waals surface area contributed by atoms with Crippen molar-refractivity contribution in [1.82, 2.24) is 0 Å². The molecule has 0 bridgehead atoms. The second kappa shape index (κ2) is 6.24. The molecular formula is C13H10BrFN2O5S2. The van der Waals surface area contributed by atoms with E-state index < -0.39 is 51.8 Å². The van der Waals surface area contributed by atoms with E-state index in [9.17, 15) is 26.0 Å². The first-order valence-electron chi connectivity index (χ1n) is 6.12. The molecule has 0 unspecified atom stereocenters. The highest BCUT2D eigenvalue weighted by molar-refractivity contribution is 9.10. The molecule has 2 aromatic rings. The Balaban J connectivity index is 2.94. The number of carbonyl (C=O) groups excluding carboxylic acids is 1. The second-order valence-corrected chi connectivity index (χ2v) is 8.84. The first kappa shape index (κ1) is 18.5. The predicted molar refractivity (Wildman–Crippen MR) is 85.9 cm³/mol. The van der Waals surface area contributed by atoms with Gasteiger partial charge in [-0.05, 0) is 40.2 Å². The zero-order valence-electron chi connectivity index (χ0n) is 11.7. The minimum atomic E-state index is -4.75. The normalized spacial score (nSPS) is 12.1. The van der Waals surface area contributed by atoms with Crippen molar-refractivity contribution in [2.24, 2.45) is 10.9 Å². The second-order valence-electron chi connectivity index (χ2n) is 4.60. The third kappa shape index (κ3) is 3.20. The minimum Gasteiger partial charge on any atom is -0.366 e. The Morgan fingerprint density at radius 2 is 1.54 bits per heavy atom. The Morgan fingerprint density at radius 3 is 2.04 bits per heavy atom. The zero-order valence-corrected chi connectivity index (χ0v) is 15.0. The SMILES string of the molecule is NC(=O)c1ccc(Br)c(F)c1S(=O)(=O)c1ccccc1S(N)(=O)=O. The average molecular weight is 437 g/mol. The molecule has 0 saturated carbocycles. The monoisotopic (exact) mass is 436 g/mol. The maximum Gasteiger partial charge on any atom is 0.250 e. The number of primary amides is 1. The van der Waals surface area contributed by atoms with Crippen LogP contribution in [0.5, 0.6) is 0 Å². The summed E-state index contributed by atoms with van der Waals surface area (Å²) in [5.74, 6) is -2.46. The molecule has 0 heterocycles. The predicted octanol–water partition coefficient (Wildman–Crippen LogP) is 1.17. The topological polar surface area (TPSA) is 137 Å². The molecule has 0 fully saturated rings. The van der Waals surface area contributed by atoms with Gasteiger partial charge in [-0.3, -0.25) is 4.79 Å². The molecule has 4 N–H and O–H groups in total. The van der Waals surface area contributed by atoms with Gasteiger partial charge in [0.05, 0.1) is 14.9 Å². The molecule has 0 aromatic heterocycles. The number of sulfone groups is 1. The van der Waals surface area contributed by atoms with E-state index in [1.165, 1.54) is 12.1 Å². The van der Waals surface area contributed by atoms with Gasteiger partial charge in [-0.2, -0.15) is 0 Å². The number of sulfonamides is 1. The highest BCUT2D eigenvalue weighted by atomic mass is 79.9. The number of hydrogen-bond acceptors (Lipinski definition) is 5. The smallest absolute Gasteiger partial charge is 0.250 e. The Morgan fingerprint density at radius 1 is 1.00 bits per heavy atom. The summed E-state index contributed by atoms with van der Waals surface area (Å²) in [6.07, 6.45) is 0. The number of primary sulfonamides is 1. The van der Waals surface area contributed by atoms with Gasteiger partial charge in [0, 0.05) is 0 Å². The molecule has 0 aliphatic carbocycles. The van der Waals surface area contributed by atoms with Crippen LogP contribution in [0.15, 0.2) is 55.6 Å². The summed E-state index contributed by atoms with van der Waals surface area (Å²) in [6, 6.07) is 6.52. The van der Waals surface area contributed by atoms with Gasteiger partial charge in [0.25, 0.3) is 0 Å². The third-order valence-electron chi connectivity index (χ3n) is 3.03. The van der Waals surface area contributed by atoms with Crippen molar-refractivity contribution in [2.45, 2.75) is 14.7 Å². The van der Waals surface area contributed by atoms with E-state index in [0.29, 0.717) is 0 Å². The van der Waals surface area contributed by atoms with Crippen LogP contribution in [0.4, 0.5) is 4.39 Å². The standard InChI is InChI=1S/C13H10BrFN2O5S2/c14-8-6-5-7(13(16)18)12(11(8)15)23(19,20)9-3-1-2-4-10(9)24(17,21)22/h1-6H,(H2,16,18)(H2,17,21,22).